The number of thiophene rings is 1. The van der Waals surface area contributed by atoms with Gasteiger partial charge in [-0.05, 0) is 23.6 Å². The van der Waals surface area contributed by atoms with Crippen molar-refractivity contribution in [1.29, 1.82) is 0 Å². The van der Waals surface area contributed by atoms with E-state index in [-0.39, 0.29) is 5.91 Å². The van der Waals surface area contributed by atoms with Gasteiger partial charge >= 0.3 is 0 Å². The van der Waals surface area contributed by atoms with Crippen molar-refractivity contribution in [3.8, 4) is 0 Å². The summed E-state index contributed by atoms with van der Waals surface area (Å²) in [6.07, 6.45) is 0. The summed E-state index contributed by atoms with van der Waals surface area (Å²) in [4.78, 5) is 12.4. The lowest BCUT2D eigenvalue weighted by Crippen LogP contribution is -2.13. The van der Waals surface area contributed by atoms with E-state index >= 15 is 0 Å². The van der Waals surface area contributed by atoms with Gasteiger partial charge in [-0.1, -0.05) is 6.07 Å². The number of carbonyl (C=O) groups excluding carboxylic acids is 1. The maximum absolute atomic E-state index is 11.8. The Balaban J connectivity index is 1.90. The Hall–Kier alpha value is -1.99. The number of ether oxygens (including phenoxy) is 1. The Morgan fingerprint density at radius 3 is 2.74 bits per heavy atom. The molecule has 2 N–H and O–H groups in total. The molecular weight excluding hydrogens is 264 g/mol. The predicted molar refractivity (Wildman–Crippen MR) is 74.7 cm³/mol. The number of aromatic nitrogens is 2. The number of hydrogen-bond acceptors (Lipinski definition) is 6. The third kappa shape index (κ3) is 4.01. The van der Waals surface area contributed by atoms with Crippen LogP contribution in [0, 0.1) is 0 Å². The molecule has 6 nitrogen and oxygen atoms in total. The molecule has 0 saturated heterocycles. The van der Waals surface area contributed by atoms with Gasteiger partial charge in [0.2, 0.25) is 0 Å². The van der Waals surface area contributed by atoms with Crippen LogP contribution >= 0.6 is 11.3 Å². The van der Waals surface area contributed by atoms with E-state index in [4.69, 9.17) is 4.74 Å². The van der Waals surface area contributed by atoms with Crippen LogP contribution in [0.4, 0.5) is 11.6 Å². The van der Waals surface area contributed by atoms with Gasteiger partial charge in [-0.3, -0.25) is 4.79 Å². The lowest BCUT2D eigenvalue weighted by Gasteiger charge is -2.05. The minimum atomic E-state index is -0.176. The number of nitrogens with zero attached hydrogens (tertiary/aromatic N) is 2. The molecule has 0 unspecified atom stereocenters. The van der Waals surface area contributed by atoms with Crippen LogP contribution in [0.1, 0.15) is 9.67 Å². The van der Waals surface area contributed by atoms with E-state index in [1.54, 1.807) is 25.3 Å². The molecule has 7 heteroatoms. The Morgan fingerprint density at radius 1 is 1.32 bits per heavy atom. The predicted octanol–water partition coefficient (Wildman–Crippen LogP) is 1.85. The zero-order valence-corrected chi connectivity index (χ0v) is 11.2. The Bertz CT molecular complexity index is 513. The Labute approximate surface area is 114 Å². The largest absolute Gasteiger partial charge is 0.383 e. The number of rotatable bonds is 6. The van der Waals surface area contributed by atoms with Gasteiger partial charge in [-0.2, -0.15) is 0 Å². The van der Waals surface area contributed by atoms with E-state index in [1.807, 2.05) is 11.4 Å². The fourth-order valence-electron chi connectivity index (χ4n) is 1.36. The summed E-state index contributed by atoms with van der Waals surface area (Å²) in [5, 5.41) is 15.5. The fourth-order valence-corrected chi connectivity index (χ4v) is 1.98. The molecule has 0 aliphatic rings. The van der Waals surface area contributed by atoms with Crippen molar-refractivity contribution < 1.29 is 9.53 Å². The molecule has 0 bridgehead atoms. The summed E-state index contributed by atoms with van der Waals surface area (Å²) in [6.45, 7) is 1.25. The highest BCUT2D eigenvalue weighted by atomic mass is 32.1. The summed E-state index contributed by atoms with van der Waals surface area (Å²) >= 11 is 1.38. The second kappa shape index (κ2) is 6.81. The van der Waals surface area contributed by atoms with Gasteiger partial charge in [0.25, 0.3) is 5.91 Å². The van der Waals surface area contributed by atoms with Gasteiger partial charge < -0.3 is 15.4 Å². The number of hydrogen-bond donors (Lipinski definition) is 2. The molecule has 0 saturated carbocycles. The van der Waals surface area contributed by atoms with E-state index in [0.717, 1.165) is 0 Å². The molecule has 2 rings (SSSR count). The number of carbonyl (C=O) groups is 1. The molecule has 0 aromatic carbocycles. The molecule has 0 radical (unpaired) electrons. The van der Waals surface area contributed by atoms with Gasteiger partial charge in [0.05, 0.1) is 11.5 Å². The van der Waals surface area contributed by atoms with E-state index in [9.17, 15) is 4.79 Å². The van der Waals surface area contributed by atoms with Crippen LogP contribution in [0.5, 0.6) is 0 Å². The highest BCUT2D eigenvalue weighted by Crippen LogP contribution is 2.12. The maximum atomic E-state index is 11.8. The molecule has 0 aliphatic carbocycles. The number of anilines is 2. The van der Waals surface area contributed by atoms with Crippen LogP contribution < -0.4 is 10.6 Å². The fraction of sp³-hybridized carbons (Fsp3) is 0.250. The summed E-state index contributed by atoms with van der Waals surface area (Å²) in [5.74, 6) is 0.895. The van der Waals surface area contributed by atoms with Crippen LogP contribution in [0.25, 0.3) is 0 Å². The second-order valence-corrected chi connectivity index (χ2v) is 4.60. The molecule has 100 valence electrons. The van der Waals surface area contributed by atoms with E-state index in [2.05, 4.69) is 20.8 Å². The molecule has 19 heavy (non-hydrogen) atoms. The van der Waals surface area contributed by atoms with Crippen molar-refractivity contribution in [2.24, 2.45) is 0 Å². The SMILES string of the molecule is COCCNc1ccc(NC(=O)c2cccs2)nn1. The smallest absolute Gasteiger partial charge is 0.266 e. The maximum Gasteiger partial charge on any atom is 0.266 e. The summed E-state index contributed by atoms with van der Waals surface area (Å²) < 4.78 is 4.91. The van der Waals surface area contributed by atoms with Gasteiger partial charge in [-0.15, -0.1) is 21.5 Å². The Morgan fingerprint density at radius 2 is 2.11 bits per heavy atom. The first-order valence-electron chi connectivity index (χ1n) is 5.71. The number of amides is 1. The summed E-state index contributed by atoms with van der Waals surface area (Å²) in [7, 11) is 1.64. The van der Waals surface area contributed by atoms with Crippen LogP contribution in [0.15, 0.2) is 29.6 Å². The second-order valence-electron chi connectivity index (χ2n) is 3.65. The van der Waals surface area contributed by atoms with Gasteiger partial charge in [0.1, 0.15) is 5.82 Å². The number of nitrogens with one attached hydrogen (secondary N) is 2. The molecule has 0 aliphatic heterocycles. The Kier molecular flexibility index (Phi) is 4.82. The monoisotopic (exact) mass is 278 g/mol. The van der Waals surface area contributed by atoms with E-state index in [1.165, 1.54) is 11.3 Å². The molecule has 2 heterocycles. The summed E-state index contributed by atoms with van der Waals surface area (Å²) in [6, 6.07) is 7.04. The minimum absolute atomic E-state index is 0.176. The number of methoxy groups -OCH3 is 1. The molecule has 2 aromatic rings. The zero-order chi connectivity index (χ0) is 13.5. The minimum Gasteiger partial charge on any atom is -0.383 e. The van der Waals surface area contributed by atoms with Crippen LogP contribution in [-0.4, -0.2) is 36.4 Å². The average Bonchev–Trinajstić information content (AvgIpc) is 2.95. The highest BCUT2D eigenvalue weighted by molar-refractivity contribution is 7.12. The first kappa shape index (κ1) is 13.4. The van der Waals surface area contributed by atoms with Crippen molar-refractivity contribution in [2.45, 2.75) is 0 Å². The van der Waals surface area contributed by atoms with Crippen LogP contribution in [-0.2, 0) is 4.74 Å². The lowest BCUT2D eigenvalue weighted by atomic mass is 10.4. The van der Waals surface area contributed by atoms with Gasteiger partial charge in [-0.25, -0.2) is 0 Å². The normalized spacial score (nSPS) is 10.2. The average molecular weight is 278 g/mol. The van der Waals surface area contributed by atoms with Crippen molar-refractivity contribution in [1.82, 2.24) is 10.2 Å². The van der Waals surface area contributed by atoms with E-state index in [0.29, 0.717) is 29.7 Å². The van der Waals surface area contributed by atoms with Crippen LogP contribution in [0.3, 0.4) is 0 Å². The molecule has 1 amide bonds. The van der Waals surface area contributed by atoms with Crippen molar-refractivity contribution >= 4 is 28.9 Å². The molecule has 0 fully saturated rings. The first-order chi connectivity index (χ1) is 9.29. The van der Waals surface area contributed by atoms with Gasteiger partial charge in [0.15, 0.2) is 5.82 Å². The highest BCUT2D eigenvalue weighted by Gasteiger charge is 2.07. The van der Waals surface area contributed by atoms with Crippen molar-refractivity contribution in [2.75, 3.05) is 30.9 Å². The quantitative estimate of drug-likeness (QED) is 0.789. The third-order valence-corrected chi connectivity index (χ3v) is 3.13. The summed E-state index contributed by atoms with van der Waals surface area (Å²) in [5.41, 5.74) is 0. The molecular formula is C12H14N4O2S. The van der Waals surface area contributed by atoms with Crippen molar-refractivity contribution in [3.05, 3.63) is 34.5 Å². The standard InChI is InChI=1S/C12H14N4O2S/c1-18-7-6-13-10-4-5-11(16-15-10)14-12(17)9-3-2-8-19-9/h2-5,8H,6-7H2,1H3,(H,13,15)(H,14,16,17). The first-order valence-corrected chi connectivity index (χ1v) is 6.59. The van der Waals surface area contributed by atoms with E-state index < -0.39 is 0 Å². The zero-order valence-electron chi connectivity index (χ0n) is 10.4. The van der Waals surface area contributed by atoms with Gasteiger partial charge in [0, 0.05) is 13.7 Å². The topological polar surface area (TPSA) is 76.1 Å². The lowest BCUT2D eigenvalue weighted by molar-refractivity contribution is 0.103. The van der Waals surface area contributed by atoms with Crippen LogP contribution in [0.2, 0.25) is 0 Å². The molecule has 0 spiro atoms. The molecule has 2 aromatic heterocycles. The third-order valence-electron chi connectivity index (χ3n) is 2.26. The molecule has 0 atom stereocenters. The van der Waals surface area contributed by atoms with Crippen molar-refractivity contribution in [3.63, 3.8) is 0 Å².